The van der Waals surface area contributed by atoms with E-state index in [1.165, 1.54) is 4.90 Å². The number of anilines is 2. The quantitative estimate of drug-likeness (QED) is 0.679. The number of aryl methyl sites for hydroxylation is 1. The Morgan fingerprint density at radius 1 is 1.14 bits per heavy atom. The summed E-state index contributed by atoms with van der Waals surface area (Å²) in [6.45, 7) is 2.01. The molecule has 2 N–H and O–H groups in total. The number of nitrogen functional groups attached to an aromatic ring is 1. The van der Waals surface area contributed by atoms with E-state index >= 15 is 0 Å². The maximum atomic E-state index is 12.6. The van der Waals surface area contributed by atoms with Crippen molar-refractivity contribution in [3.05, 3.63) is 59.2 Å². The van der Waals surface area contributed by atoms with Crippen molar-refractivity contribution in [3.63, 3.8) is 0 Å². The zero-order valence-electron chi connectivity index (χ0n) is 11.8. The predicted molar refractivity (Wildman–Crippen MR) is 82.2 cm³/mol. The fraction of sp³-hybridized carbons (Fsp3) is 0.176. The summed E-state index contributed by atoms with van der Waals surface area (Å²) in [5, 5.41) is 0. The van der Waals surface area contributed by atoms with Crippen LogP contribution in [0.2, 0.25) is 0 Å². The minimum Gasteiger partial charge on any atom is -0.398 e. The standard InChI is InChI=1S/C17H16N2O2/c1-2-11-7-8-13(10-15(11)18)19-16(20)9-12-5-3-4-6-14(12)17(19)21/h3-8,10H,2,9,18H2,1H3. The summed E-state index contributed by atoms with van der Waals surface area (Å²) in [5.74, 6) is -0.507. The third-order valence-corrected chi connectivity index (χ3v) is 3.81. The van der Waals surface area contributed by atoms with Crippen molar-refractivity contribution in [2.75, 3.05) is 10.6 Å². The lowest BCUT2D eigenvalue weighted by atomic mass is 9.97. The molecule has 2 amide bonds. The van der Waals surface area contributed by atoms with Gasteiger partial charge in [-0.3, -0.25) is 9.59 Å². The van der Waals surface area contributed by atoms with Crippen LogP contribution in [0.15, 0.2) is 42.5 Å². The maximum Gasteiger partial charge on any atom is 0.265 e. The number of hydrogen-bond donors (Lipinski definition) is 1. The first-order chi connectivity index (χ1) is 10.1. The van der Waals surface area contributed by atoms with Crippen LogP contribution in [0.4, 0.5) is 11.4 Å². The smallest absolute Gasteiger partial charge is 0.265 e. The molecule has 0 unspecified atom stereocenters. The topological polar surface area (TPSA) is 63.4 Å². The van der Waals surface area contributed by atoms with Crippen LogP contribution in [0, 0.1) is 0 Å². The van der Waals surface area contributed by atoms with E-state index in [1.54, 1.807) is 24.3 Å². The van der Waals surface area contributed by atoms with Gasteiger partial charge in [-0.05, 0) is 35.7 Å². The summed E-state index contributed by atoms with van der Waals surface area (Å²) in [6, 6.07) is 12.5. The fourth-order valence-corrected chi connectivity index (χ4v) is 2.66. The van der Waals surface area contributed by atoms with Crippen LogP contribution in [0.5, 0.6) is 0 Å². The first-order valence-electron chi connectivity index (χ1n) is 6.95. The van der Waals surface area contributed by atoms with Gasteiger partial charge in [-0.25, -0.2) is 4.90 Å². The molecule has 0 atom stereocenters. The fourth-order valence-electron chi connectivity index (χ4n) is 2.66. The van der Waals surface area contributed by atoms with Crippen LogP contribution < -0.4 is 10.6 Å². The number of imide groups is 1. The molecular weight excluding hydrogens is 264 g/mol. The van der Waals surface area contributed by atoms with Crippen molar-refractivity contribution in [2.24, 2.45) is 0 Å². The highest BCUT2D eigenvalue weighted by Crippen LogP contribution is 2.28. The van der Waals surface area contributed by atoms with Gasteiger partial charge >= 0.3 is 0 Å². The lowest BCUT2D eigenvalue weighted by molar-refractivity contribution is -0.117. The largest absolute Gasteiger partial charge is 0.398 e. The van der Waals surface area contributed by atoms with Gasteiger partial charge in [0.05, 0.1) is 12.1 Å². The van der Waals surface area contributed by atoms with Gasteiger partial charge in [0.15, 0.2) is 0 Å². The van der Waals surface area contributed by atoms with Crippen molar-refractivity contribution in [1.82, 2.24) is 0 Å². The number of amides is 2. The third kappa shape index (κ3) is 2.18. The molecule has 106 valence electrons. The molecule has 2 aromatic rings. The van der Waals surface area contributed by atoms with E-state index in [9.17, 15) is 9.59 Å². The lowest BCUT2D eigenvalue weighted by Gasteiger charge is -2.27. The van der Waals surface area contributed by atoms with Gasteiger partial charge < -0.3 is 5.73 Å². The highest BCUT2D eigenvalue weighted by Gasteiger charge is 2.31. The first-order valence-corrected chi connectivity index (χ1v) is 6.95. The monoisotopic (exact) mass is 280 g/mol. The summed E-state index contributed by atoms with van der Waals surface area (Å²) >= 11 is 0. The van der Waals surface area contributed by atoms with E-state index in [1.807, 2.05) is 25.1 Å². The predicted octanol–water partition coefficient (Wildman–Crippen LogP) is 2.56. The molecule has 2 aromatic carbocycles. The molecule has 21 heavy (non-hydrogen) atoms. The van der Waals surface area contributed by atoms with Crippen molar-refractivity contribution < 1.29 is 9.59 Å². The molecule has 0 saturated heterocycles. The summed E-state index contributed by atoms with van der Waals surface area (Å²) in [4.78, 5) is 26.1. The minimum absolute atomic E-state index is 0.220. The molecule has 1 aliphatic heterocycles. The van der Waals surface area contributed by atoms with Crippen LogP contribution in [-0.4, -0.2) is 11.8 Å². The molecule has 0 spiro atoms. The summed E-state index contributed by atoms with van der Waals surface area (Å²) in [7, 11) is 0. The molecular formula is C17H16N2O2. The SMILES string of the molecule is CCc1ccc(N2C(=O)Cc3ccccc3C2=O)cc1N. The van der Waals surface area contributed by atoms with E-state index in [0.29, 0.717) is 16.9 Å². The molecule has 0 aromatic heterocycles. The van der Waals surface area contributed by atoms with Crippen molar-refractivity contribution in [2.45, 2.75) is 19.8 Å². The van der Waals surface area contributed by atoms with E-state index < -0.39 is 0 Å². The normalized spacial score (nSPS) is 14.2. The van der Waals surface area contributed by atoms with Crippen LogP contribution >= 0.6 is 0 Å². The molecule has 0 bridgehead atoms. The Morgan fingerprint density at radius 3 is 2.62 bits per heavy atom. The first kappa shape index (κ1) is 13.4. The molecule has 0 saturated carbocycles. The number of fused-ring (bicyclic) bond motifs is 1. The van der Waals surface area contributed by atoms with Gasteiger partial charge in [0.2, 0.25) is 5.91 Å². The average Bonchev–Trinajstić information content (AvgIpc) is 2.47. The molecule has 3 rings (SSSR count). The van der Waals surface area contributed by atoms with Gasteiger partial charge in [-0.15, -0.1) is 0 Å². The van der Waals surface area contributed by atoms with Crippen molar-refractivity contribution in [1.29, 1.82) is 0 Å². The summed E-state index contributed by atoms with van der Waals surface area (Å²) in [6.07, 6.45) is 1.05. The molecule has 1 heterocycles. The lowest BCUT2D eigenvalue weighted by Crippen LogP contribution is -2.42. The van der Waals surface area contributed by atoms with E-state index in [0.717, 1.165) is 17.5 Å². The van der Waals surface area contributed by atoms with E-state index in [2.05, 4.69) is 0 Å². The number of nitrogens with zero attached hydrogens (tertiary/aromatic N) is 1. The average molecular weight is 280 g/mol. The van der Waals surface area contributed by atoms with Gasteiger partial charge in [-0.1, -0.05) is 31.2 Å². The summed E-state index contributed by atoms with van der Waals surface area (Å²) in [5.41, 5.74) is 9.49. The van der Waals surface area contributed by atoms with Crippen LogP contribution in [0.3, 0.4) is 0 Å². The number of nitrogens with two attached hydrogens (primary N) is 1. The second-order valence-electron chi connectivity index (χ2n) is 5.10. The van der Waals surface area contributed by atoms with Gasteiger partial charge in [-0.2, -0.15) is 0 Å². The highest BCUT2D eigenvalue weighted by atomic mass is 16.2. The maximum absolute atomic E-state index is 12.6. The Labute approximate surface area is 123 Å². The molecule has 0 radical (unpaired) electrons. The zero-order chi connectivity index (χ0) is 15.0. The molecule has 1 aliphatic rings. The number of carbonyl (C=O) groups is 2. The molecule has 4 nitrogen and oxygen atoms in total. The van der Waals surface area contributed by atoms with E-state index in [4.69, 9.17) is 5.73 Å². The number of benzene rings is 2. The molecule has 0 aliphatic carbocycles. The Balaban J connectivity index is 2.05. The Bertz CT molecular complexity index is 737. The number of rotatable bonds is 2. The van der Waals surface area contributed by atoms with Crippen LogP contribution in [-0.2, 0) is 17.6 Å². The van der Waals surface area contributed by atoms with Crippen LogP contribution in [0.1, 0.15) is 28.4 Å². The zero-order valence-corrected chi connectivity index (χ0v) is 11.8. The minimum atomic E-state index is -0.287. The van der Waals surface area contributed by atoms with Gasteiger partial charge in [0.25, 0.3) is 5.91 Å². The van der Waals surface area contributed by atoms with Gasteiger partial charge in [0.1, 0.15) is 0 Å². The molecule has 4 heteroatoms. The second kappa shape index (κ2) is 5.05. The van der Waals surface area contributed by atoms with E-state index in [-0.39, 0.29) is 18.2 Å². The molecule has 0 fully saturated rings. The highest BCUT2D eigenvalue weighted by molar-refractivity contribution is 6.24. The summed E-state index contributed by atoms with van der Waals surface area (Å²) < 4.78 is 0. The Morgan fingerprint density at radius 2 is 1.90 bits per heavy atom. The van der Waals surface area contributed by atoms with Crippen molar-refractivity contribution in [3.8, 4) is 0 Å². The Hall–Kier alpha value is -2.62. The van der Waals surface area contributed by atoms with Gasteiger partial charge in [0, 0.05) is 11.3 Å². The van der Waals surface area contributed by atoms with Crippen LogP contribution in [0.25, 0.3) is 0 Å². The number of hydrogen-bond acceptors (Lipinski definition) is 3. The second-order valence-corrected chi connectivity index (χ2v) is 5.10. The van der Waals surface area contributed by atoms with Crippen molar-refractivity contribution >= 4 is 23.2 Å². The Kier molecular flexibility index (Phi) is 3.22. The number of carbonyl (C=O) groups excluding carboxylic acids is 2. The third-order valence-electron chi connectivity index (χ3n) is 3.81.